The van der Waals surface area contributed by atoms with Crippen LogP contribution in [0.5, 0.6) is 0 Å². The van der Waals surface area contributed by atoms with E-state index < -0.39 is 35.8 Å². The average molecular weight is 587 g/mol. The van der Waals surface area contributed by atoms with Gasteiger partial charge >= 0.3 is 11.9 Å². The normalized spacial score (nSPS) is 16.0. The average Bonchev–Trinajstić information content (AvgIpc) is 3.59. The molecule has 14 nitrogen and oxygen atoms in total. The molecule has 0 aliphatic heterocycles. The number of nitrogens with one attached hydrogen (secondary N) is 4. The Morgan fingerprint density at radius 3 is 1.45 bits per heavy atom. The fourth-order valence-corrected chi connectivity index (χ4v) is 4.88. The summed E-state index contributed by atoms with van der Waals surface area (Å²) in [6, 6.07) is 12.4. The molecular formula is C28H34N4O10. The smallest absolute Gasteiger partial charge is 0.359 e. The Bertz CT molecular complexity index is 1380. The number of H-pyrrole nitrogens is 2. The number of amides is 2. The minimum Gasteiger partial charge on any atom is -0.361 e. The van der Waals surface area contributed by atoms with Gasteiger partial charge in [0.05, 0.1) is 0 Å². The van der Waals surface area contributed by atoms with Crippen molar-refractivity contribution >= 4 is 33.6 Å². The third-order valence-electron chi connectivity index (χ3n) is 6.90. The van der Waals surface area contributed by atoms with Crippen molar-refractivity contribution < 1.29 is 49.1 Å². The molecule has 4 aromatic rings. The summed E-state index contributed by atoms with van der Waals surface area (Å²) in [5.41, 5.74) is 3.11. The first-order chi connectivity index (χ1) is 20.2. The largest absolute Gasteiger partial charge is 0.361 e. The van der Waals surface area contributed by atoms with Crippen LogP contribution in [0, 0.1) is 0 Å². The van der Waals surface area contributed by atoms with Crippen molar-refractivity contribution in [1.29, 1.82) is 0 Å². The molecule has 0 saturated carbocycles. The highest BCUT2D eigenvalue weighted by atomic mass is 17.4. The topological polar surface area (TPSA) is 186 Å². The lowest BCUT2D eigenvalue weighted by atomic mass is 10.0. The van der Waals surface area contributed by atoms with Crippen LogP contribution in [-0.2, 0) is 51.5 Å². The summed E-state index contributed by atoms with van der Waals surface area (Å²) in [6.45, 7) is 2.51. The fraction of sp³-hybridized carbons (Fsp3) is 0.357. The van der Waals surface area contributed by atoms with Crippen LogP contribution in [0.2, 0.25) is 0 Å². The van der Waals surface area contributed by atoms with Gasteiger partial charge in [0, 0.05) is 75.1 Å². The predicted molar refractivity (Wildman–Crippen MR) is 148 cm³/mol. The molecule has 226 valence electrons. The number of benzene rings is 2. The van der Waals surface area contributed by atoms with Crippen molar-refractivity contribution in [2.45, 2.75) is 50.7 Å². The molecule has 0 radical (unpaired) electrons. The number of carbonyl (C=O) groups excluding carboxylic acids is 2. The summed E-state index contributed by atoms with van der Waals surface area (Å²) < 4.78 is 10.8. The van der Waals surface area contributed by atoms with Crippen molar-refractivity contribution in [3.8, 4) is 0 Å². The van der Waals surface area contributed by atoms with E-state index in [1.807, 2.05) is 48.5 Å². The van der Waals surface area contributed by atoms with Crippen LogP contribution < -0.4 is 10.6 Å². The molecule has 2 unspecified atom stereocenters. The zero-order valence-electron chi connectivity index (χ0n) is 23.5. The third kappa shape index (κ3) is 6.46. The number of fused-ring (bicyclic) bond motifs is 2. The van der Waals surface area contributed by atoms with E-state index in [1.165, 1.54) is 13.8 Å². The lowest BCUT2D eigenvalue weighted by molar-refractivity contribution is -0.648. The van der Waals surface area contributed by atoms with Crippen LogP contribution in [0.15, 0.2) is 60.9 Å². The Morgan fingerprint density at radius 2 is 1.12 bits per heavy atom. The minimum absolute atomic E-state index is 0.0196. The standard InChI is InChI=1S/C28H34N4O10/c1-17(33)31-25(13-19-15-29-23-11-7-5-9-21(19)23)27(37-3,39-35)41-42-28(38-4,40-36)26(32-18(2)34)14-20-16-30-24-12-8-6-10-22(20)24/h5-12,15-16,25-26,29-30,35-36H,13-14H2,1-4H3,(H,31,33)(H,32,34)/t25-,26-,27?,28?/m0/s1. The number of aromatic nitrogens is 2. The summed E-state index contributed by atoms with van der Waals surface area (Å²) in [5, 5.41) is 27.0. The Hall–Kier alpha value is -3.86. The molecule has 0 saturated heterocycles. The van der Waals surface area contributed by atoms with Crippen LogP contribution >= 0.6 is 0 Å². The van der Waals surface area contributed by atoms with Crippen LogP contribution in [-0.4, -0.2) is 70.5 Å². The molecule has 0 aliphatic carbocycles. The second-order valence-electron chi connectivity index (χ2n) is 9.60. The van der Waals surface area contributed by atoms with E-state index in [9.17, 15) is 20.1 Å². The van der Waals surface area contributed by atoms with Crippen LogP contribution in [0.1, 0.15) is 25.0 Å². The SMILES string of the molecule is COC(OO)(OOC(OC)(OO)[C@H](Cc1c[nH]c2ccccc12)NC(C)=O)[C@H](Cc1c[nH]c2ccccc12)NC(C)=O. The Morgan fingerprint density at radius 1 is 0.738 bits per heavy atom. The zero-order chi connectivity index (χ0) is 30.3. The molecule has 6 N–H and O–H groups in total. The predicted octanol–water partition coefficient (Wildman–Crippen LogP) is 2.97. The number of hydrogen-bond acceptors (Lipinski definition) is 10. The lowest BCUT2D eigenvalue weighted by Crippen LogP contribution is -2.62. The first kappa shape index (κ1) is 31.1. The molecule has 2 heterocycles. The monoisotopic (exact) mass is 586 g/mol. The quantitative estimate of drug-likeness (QED) is 0.0687. The molecule has 2 aromatic carbocycles. The second-order valence-corrected chi connectivity index (χ2v) is 9.60. The van der Waals surface area contributed by atoms with Gasteiger partial charge in [-0.2, -0.15) is 19.6 Å². The van der Waals surface area contributed by atoms with E-state index in [4.69, 9.17) is 19.2 Å². The summed E-state index contributed by atoms with van der Waals surface area (Å²) in [4.78, 5) is 50.9. The van der Waals surface area contributed by atoms with Gasteiger partial charge in [0.25, 0.3) is 0 Å². The minimum atomic E-state index is -2.52. The molecule has 42 heavy (non-hydrogen) atoms. The van der Waals surface area contributed by atoms with Crippen molar-refractivity contribution in [3.63, 3.8) is 0 Å². The molecule has 2 aromatic heterocycles. The lowest BCUT2D eigenvalue weighted by Gasteiger charge is -2.39. The van der Waals surface area contributed by atoms with Gasteiger partial charge in [-0.05, 0) is 23.3 Å². The van der Waals surface area contributed by atoms with Gasteiger partial charge < -0.3 is 30.1 Å². The van der Waals surface area contributed by atoms with Gasteiger partial charge in [-0.15, -0.1) is 0 Å². The van der Waals surface area contributed by atoms with Crippen molar-refractivity contribution in [1.82, 2.24) is 20.6 Å². The highest BCUT2D eigenvalue weighted by Gasteiger charge is 2.52. The van der Waals surface area contributed by atoms with Gasteiger partial charge in [-0.3, -0.25) is 9.59 Å². The van der Waals surface area contributed by atoms with Crippen molar-refractivity contribution in [3.05, 3.63) is 72.1 Å². The summed E-state index contributed by atoms with van der Waals surface area (Å²) in [5.74, 6) is -6.05. The zero-order valence-corrected chi connectivity index (χ0v) is 23.5. The molecule has 0 spiro atoms. The second kappa shape index (κ2) is 13.4. The van der Waals surface area contributed by atoms with Crippen LogP contribution in [0.25, 0.3) is 21.8 Å². The number of aromatic amines is 2. The van der Waals surface area contributed by atoms with Gasteiger partial charge in [0.15, 0.2) is 0 Å². The van der Waals surface area contributed by atoms with Gasteiger partial charge in [-0.25, -0.2) is 10.5 Å². The Kier molecular flexibility index (Phi) is 9.93. The molecule has 0 fully saturated rings. The van der Waals surface area contributed by atoms with E-state index in [-0.39, 0.29) is 12.8 Å². The number of methoxy groups -OCH3 is 2. The van der Waals surface area contributed by atoms with Crippen molar-refractivity contribution in [2.24, 2.45) is 0 Å². The molecule has 14 heteroatoms. The first-order valence-electron chi connectivity index (χ1n) is 13.0. The first-order valence-corrected chi connectivity index (χ1v) is 13.0. The summed E-state index contributed by atoms with van der Waals surface area (Å²) in [7, 11) is 2.27. The van der Waals surface area contributed by atoms with E-state index in [2.05, 4.69) is 30.4 Å². The maximum absolute atomic E-state index is 12.2. The van der Waals surface area contributed by atoms with E-state index in [1.54, 1.807) is 12.4 Å². The number of ether oxygens (including phenoxy) is 2. The number of rotatable bonds is 15. The van der Waals surface area contributed by atoms with E-state index >= 15 is 0 Å². The Balaban J connectivity index is 1.66. The van der Waals surface area contributed by atoms with Gasteiger partial charge in [0.2, 0.25) is 11.8 Å². The fourth-order valence-electron chi connectivity index (χ4n) is 4.88. The molecule has 4 rings (SSSR count). The number of carbonyl (C=O) groups is 2. The summed E-state index contributed by atoms with van der Waals surface area (Å²) >= 11 is 0. The number of para-hydroxylation sites is 2. The molecular weight excluding hydrogens is 552 g/mol. The molecule has 0 aliphatic rings. The highest BCUT2D eigenvalue weighted by Crippen LogP contribution is 2.31. The van der Waals surface area contributed by atoms with Gasteiger partial charge in [-0.1, -0.05) is 36.4 Å². The molecule has 0 bridgehead atoms. The van der Waals surface area contributed by atoms with Crippen LogP contribution in [0.3, 0.4) is 0 Å². The third-order valence-corrected chi connectivity index (χ3v) is 6.90. The highest BCUT2D eigenvalue weighted by molar-refractivity contribution is 5.84. The van der Waals surface area contributed by atoms with Crippen molar-refractivity contribution in [2.75, 3.05) is 14.2 Å². The maximum atomic E-state index is 12.2. The van der Waals surface area contributed by atoms with Gasteiger partial charge in [0.1, 0.15) is 12.1 Å². The summed E-state index contributed by atoms with van der Waals surface area (Å²) in [6.07, 6.45) is 3.49. The maximum Gasteiger partial charge on any atom is 0.359 e. The number of hydrogen-bond donors (Lipinski definition) is 6. The molecule has 4 atom stereocenters. The molecule has 2 amide bonds. The van der Waals surface area contributed by atoms with Crippen LogP contribution in [0.4, 0.5) is 0 Å². The van der Waals surface area contributed by atoms with E-state index in [0.29, 0.717) is 0 Å². The van der Waals surface area contributed by atoms with E-state index in [0.717, 1.165) is 47.2 Å². The Labute approximate surface area is 240 Å².